The molecule has 1 aliphatic rings. The molecule has 1 aromatic rings. The van der Waals surface area contributed by atoms with E-state index in [1.165, 1.54) is 11.1 Å². The van der Waals surface area contributed by atoms with Gasteiger partial charge in [-0.2, -0.15) is 0 Å². The van der Waals surface area contributed by atoms with Crippen LogP contribution < -0.4 is 0 Å². The van der Waals surface area contributed by atoms with Crippen molar-refractivity contribution >= 4 is 5.78 Å². The molecule has 86 valence electrons. The number of hydrogen-bond acceptors (Lipinski definition) is 1. The van der Waals surface area contributed by atoms with Crippen LogP contribution in [0.2, 0.25) is 0 Å². The molecule has 0 saturated carbocycles. The first-order valence-corrected chi connectivity index (χ1v) is 6.17. The molecule has 0 spiro atoms. The zero-order valence-electron chi connectivity index (χ0n) is 10.4. The summed E-state index contributed by atoms with van der Waals surface area (Å²) in [7, 11) is 0. The second-order valence-corrected chi connectivity index (χ2v) is 5.32. The lowest BCUT2D eigenvalue weighted by molar-refractivity contribution is -0.123. The predicted octanol–water partition coefficient (Wildman–Crippen LogP) is 3.26. The molecule has 0 fully saturated rings. The molecule has 1 atom stereocenters. The smallest absolute Gasteiger partial charge is 0.133 e. The highest BCUT2D eigenvalue weighted by Gasteiger charge is 2.32. The van der Waals surface area contributed by atoms with E-state index in [2.05, 4.69) is 38.1 Å². The van der Waals surface area contributed by atoms with E-state index in [-0.39, 0.29) is 5.92 Å². The Hall–Kier alpha value is -1.11. The number of carbonyl (C=O) groups excluding carboxylic acids is 1. The highest BCUT2D eigenvalue weighted by Crippen LogP contribution is 2.35. The second-order valence-electron chi connectivity index (χ2n) is 5.32. The first-order valence-electron chi connectivity index (χ1n) is 6.17. The number of ketones is 1. The molecule has 1 aliphatic carbocycles. The largest absolute Gasteiger partial charge is 0.300 e. The molecular formula is C15H20O. The Morgan fingerprint density at radius 2 is 1.69 bits per heavy atom. The van der Waals surface area contributed by atoms with Gasteiger partial charge in [-0.05, 0) is 42.7 Å². The average Bonchev–Trinajstić information content (AvgIpc) is 2.58. The Labute approximate surface area is 97.9 Å². The molecule has 1 unspecified atom stereocenters. The van der Waals surface area contributed by atoms with Crippen LogP contribution in [-0.2, 0) is 17.6 Å². The van der Waals surface area contributed by atoms with E-state index in [1.807, 2.05) is 0 Å². The Bertz CT molecular complexity index is 367. The van der Waals surface area contributed by atoms with Crippen molar-refractivity contribution in [1.29, 1.82) is 0 Å². The number of carbonyl (C=O) groups is 1. The summed E-state index contributed by atoms with van der Waals surface area (Å²) in [4.78, 5) is 11.7. The van der Waals surface area contributed by atoms with Crippen LogP contribution in [0.3, 0.4) is 0 Å². The van der Waals surface area contributed by atoms with Gasteiger partial charge in [-0.3, -0.25) is 4.79 Å². The molecule has 0 N–H and O–H groups in total. The molecule has 1 aromatic carbocycles. The molecule has 16 heavy (non-hydrogen) atoms. The van der Waals surface area contributed by atoms with Crippen LogP contribution in [0.1, 0.15) is 31.9 Å². The van der Waals surface area contributed by atoms with Crippen LogP contribution >= 0.6 is 0 Å². The van der Waals surface area contributed by atoms with E-state index < -0.39 is 0 Å². The number of hydrogen-bond donors (Lipinski definition) is 0. The van der Waals surface area contributed by atoms with Crippen LogP contribution in [0.25, 0.3) is 0 Å². The Morgan fingerprint density at radius 1 is 1.19 bits per heavy atom. The molecule has 1 heteroatoms. The number of fused-ring (bicyclic) bond motifs is 1. The van der Waals surface area contributed by atoms with E-state index in [1.54, 1.807) is 6.92 Å². The summed E-state index contributed by atoms with van der Waals surface area (Å²) in [5.74, 6) is 1.56. The van der Waals surface area contributed by atoms with Crippen LogP contribution in [0.15, 0.2) is 24.3 Å². The molecule has 1 nitrogen and oxygen atoms in total. The topological polar surface area (TPSA) is 17.1 Å². The Kier molecular flexibility index (Phi) is 3.13. The van der Waals surface area contributed by atoms with E-state index >= 15 is 0 Å². The molecule has 0 aromatic heterocycles. The van der Waals surface area contributed by atoms with E-state index in [4.69, 9.17) is 0 Å². The number of Topliss-reactive ketones (excluding diaryl/α,β-unsaturated/α-hetero) is 1. The van der Waals surface area contributed by atoms with Gasteiger partial charge in [0.25, 0.3) is 0 Å². The molecule has 0 heterocycles. The van der Waals surface area contributed by atoms with Crippen molar-refractivity contribution in [3.05, 3.63) is 35.4 Å². The van der Waals surface area contributed by atoms with Crippen molar-refractivity contribution in [2.75, 3.05) is 0 Å². The molecule has 2 rings (SSSR count). The highest BCUT2D eigenvalue weighted by molar-refractivity contribution is 5.79. The molecular weight excluding hydrogens is 196 g/mol. The second kappa shape index (κ2) is 4.40. The molecule has 0 radical (unpaired) electrons. The third-order valence-corrected chi connectivity index (χ3v) is 3.78. The van der Waals surface area contributed by atoms with Gasteiger partial charge in [-0.15, -0.1) is 0 Å². The first kappa shape index (κ1) is 11.4. The van der Waals surface area contributed by atoms with E-state index in [9.17, 15) is 4.79 Å². The lowest BCUT2D eigenvalue weighted by Gasteiger charge is -2.24. The van der Waals surface area contributed by atoms with Gasteiger partial charge >= 0.3 is 0 Å². The maximum atomic E-state index is 11.7. The SMILES string of the molecule is CC(=O)C(C(C)C)C1Cc2ccccc2C1. The fourth-order valence-electron chi connectivity index (χ4n) is 3.19. The van der Waals surface area contributed by atoms with Gasteiger partial charge in [-0.1, -0.05) is 38.1 Å². The van der Waals surface area contributed by atoms with Gasteiger partial charge in [0.1, 0.15) is 5.78 Å². The standard InChI is InChI=1S/C15H20O/c1-10(2)15(11(3)16)14-8-12-6-4-5-7-13(12)9-14/h4-7,10,14-15H,8-9H2,1-3H3. The fourth-order valence-corrected chi connectivity index (χ4v) is 3.19. The van der Waals surface area contributed by atoms with Crippen LogP contribution in [0.4, 0.5) is 0 Å². The average molecular weight is 216 g/mol. The quantitative estimate of drug-likeness (QED) is 0.758. The van der Waals surface area contributed by atoms with Crippen LogP contribution in [0, 0.1) is 17.8 Å². The van der Waals surface area contributed by atoms with Gasteiger partial charge in [-0.25, -0.2) is 0 Å². The number of rotatable bonds is 3. The van der Waals surface area contributed by atoms with Crippen molar-refractivity contribution < 1.29 is 4.79 Å². The summed E-state index contributed by atoms with van der Waals surface area (Å²) in [5, 5.41) is 0. The lowest BCUT2D eigenvalue weighted by Crippen LogP contribution is -2.27. The first-order chi connectivity index (χ1) is 7.59. The third kappa shape index (κ3) is 2.04. The summed E-state index contributed by atoms with van der Waals surface area (Å²) in [6.45, 7) is 6.07. The predicted molar refractivity (Wildman–Crippen MR) is 66.3 cm³/mol. The minimum Gasteiger partial charge on any atom is -0.300 e. The van der Waals surface area contributed by atoms with Gasteiger partial charge < -0.3 is 0 Å². The van der Waals surface area contributed by atoms with Gasteiger partial charge in [0.05, 0.1) is 0 Å². The van der Waals surface area contributed by atoms with Gasteiger partial charge in [0.15, 0.2) is 0 Å². The fraction of sp³-hybridized carbons (Fsp3) is 0.533. The van der Waals surface area contributed by atoms with Crippen molar-refractivity contribution in [3.8, 4) is 0 Å². The summed E-state index contributed by atoms with van der Waals surface area (Å²) < 4.78 is 0. The van der Waals surface area contributed by atoms with Gasteiger partial charge in [0, 0.05) is 5.92 Å². The highest BCUT2D eigenvalue weighted by atomic mass is 16.1. The number of benzene rings is 1. The van der Waals surface area contributed by atoms with Crippen molar-refractivity contribution in [3.63, 3.8) is 0 Å². The van der Waals surface area contributed by atoms with E-state index in [0.29, 0.717) is 17.6 Å². The van der Waals surface area contributed by atoms with Crippen molar-refractivity contribution in [2.45, 2.75) is 33.6 Å². The zero-order valence-corrected chi connectivity index (χ0v) is 10.4. The minimum atomic E-state index is 0.229. The van der Waals surface area contributed by atoms with Crippen molar-refractivity contribution in [2.24, 2.45) is 17.8 Å². The summed E-state index contributed by atoms with van der Waals surface area (Å²) in [6.07, 6.45) is 2.16. The summed E-state index contributed by atoms with van der Waals surface area (Å²) >= 11 is 0. The molecule has 0 amide bonds. The molecule has 0 bridgehead atoms. The lowest BCUT2D eigenvalue weighted by atomic mass is 9.79. The van der Waals surface area contributed by atoms with Crippen LogP contribution in [-0.4, -0.2) is 5.78 Å². The zero-order chi connectivity index (χ0) is 11.7. The monoisotopic (exact) mass is 216 g/mol. The third-order valence-electron chi connectivity index (χ3n) is 3.78. The Morgan fingerprint density at radius 3 is 2.06 bits per heavy atom. The maximum Gasteiger partial charge on any atom is 0.133 e. The van der Waals surface area contributed by atoms with E-state index in [0.717, 1.165) is 12.8 Å². The molecule has 0 saturated heterocycles. The Balaban J connectivity index is 2.18. The van der Waals surface area contributed by atoms with Crippen LogP contribution in [0.5, 0.6) is 0 Å². The maximum absolute atomic E-state index is 11.7. The minimum absolute atomic E-state index is 0.229. The normalized spacial score (nSPS) is 17.5. The summed E-state index contributed by atoms with van der Waals surface area (Å²) in [5.41, 5.74) is 2.89. The molecule has 0 aliphatic heterocycles. The van der Waals surface area contributed by atoms with Gasteiger partial charge in [0.2, 0.25) is 0 Å². The van der Waals surface area contributed by atoms with Crippen molar-refractivity contribution in [1.82, 2.24) is 0 Å². The summed E-state index contributed by atoms with van der Waals surface area (Å²) in [6, 6.07) is 8.60.